The molecule has 1 amide bonds. The van der Waals surface area contributed by atoms with Crippen LogP contribution in [-0.2, 0) is 4.79 Å². The summed E-state index contributed by atoms with van der Waals surface area (Å²) >= 11 is 0. The molecule has 4 heteroatoms. The van der Waals surface area contributed by atoms with E-state index < -0.39 is 0 Å². The van der Waals surface area contributed by atoms with Crippen molar-refractivity contribution in [1.29, 1.82) is 0 Å². The second-order valence-corrected chi connectivity index (χ2v) is 5.14. The molecule has 2 rings (SSSR count). The van der Waals surface area contributed by atoms with Gasteiger partial charge in [-0.05, 0) is 44.0 Å². The third-order valence-electron chi connectivity index (χ3n) is 3.26. The Kier molecular flexibility index (Phi) is 4.48. The van der Waals surface area contributed by atoms with Crippen LogP contribution in [0, 0.1) is 20.8 Å². The molecule has 0 heterocycles. The maximum absolute atomic E-state index is 12.0. The van der Waals surface area contributed by atoms with Crippen LogP contribution in [-0.4, -0.2) is 12.5 Å². The second-order valence-electron chi connectivity index (χ2n) is 5.14. The highest BCUT2D eigenvalue weighted by Gasteiger charge is 2.09. The Bertz CT molecular complexity index is 646. The Labute approximate surface area is 124 Å². The highest BCUT2D eigenvalue weighted by molar-refractivity contribution is 5.95. The average molecular weight is 284 g/mol. The molecular formula is C17H20N2O2. The van der Waals surface area contributed by atoms with E-state index in [0.29, 0.717) is 17.1 Å². The fourth-order valence-corrected chi connectivity index (χ4v) is 2.14. The number of benzene rings is 2. The number of nitrogens with one attached hydrogen (secondary N) is 1. The van der Waals surface area contributed by atoms with Crippen LogP contribution >= 0.6 is 0 Å². The molecule has 0 aromatic heterocycles. The number of carbonyl (C=O) groups excluding carboxylic acids is 1. The normalized spacial score (nSPS) is 10.2. The minimum Gasteiger partial charge on any atom is -0.483 e. The van der Waals surface area contributed by atoms with Gasteiger partial charge in [-0.25, -0.2) is 0 Å². The molecule has 0 aliphatic rings. The van der Waals surface area contributed by atoms with E-state index in [1.165, 1.54) is 0 Å². The Morgan fingerprint density at radius 1 is 1.14 bits per heavy atom. The molecule has 0 fully saturated rings. The fourth-order valence-electron chi connectivity index (χ4n) is 2.14. The SMILES string of the molecule is Cc1ccc(OCC(=O)Nc2c(C)cccc2N)c(C)c1. The highest BCUT2D eigenvalue weighted by Crippen LogP contribution is 2.23. The van der Waals surface area contributed by atoms with Gasteiger partial charge < -0.3 is 15.8 Å². The van der Waals surface area contributed by atoms with E-state index in [0.717, 1.165) is 16.7 Å². The molecule has 0 spiro atoms. The summed E-state index contributed by atoms with van der Waals surface area (Å²) in [6, 6.07) is 11.4. The number of hydrogen-bond acceptors (Lipinski definition) is 3. The lowest BCUT2D eigenvalue weighted by atomic mass is 10.1. The van der Waals surface area contributed by atoms with Crippen LogP contribution in [0.25, 0.3) is 0 Å². The van der Waals surface area contributed by atoms with Gasteiger partial charge in [-0.3, -0.25) is 4.79 Å². The van der Waals surface area contributed by atoms with Gasteiger partial charge in [-0.1, -0.05) is 29.8 Å². The van der Waals surface area contributed by atoms with E-state index in [-0.39, 0.29) is 12.5 Å². The first kappa shape index (κ1) is 14.9. The van der Waals surface area contributed by atoms with Gasteiger partial charge in [0, 0.05) is 0 Å². The molecule has 0 unspecified atom stereocenters. The molecule has 0 radical (unpaired) electrons. The van der Waals surface area contributed by atoms with Crippen LogP contribution < -0.4 is 15.8 Å². The van der Waals surface area contributed by atoms with Crippen LogP contribution in [0.15, 0.2) is 36.4 Å². The van der Waals surface area contributed by atoms with Crippen LogP contribution in [0.4, 0.5) is 11.4 Å². The summed E-state index contributed by atoms with van der Waals surface area (Å²) in [4.78, 5) is 12.0. The highest BCUT2D eigenvalue weighted by atomic mass is 16.5. The molecule has 110 valence electrons. The van der Waals surface area contributed by atoms with E-state index in [1.54, 1.807) is 6.07 Å². The van der Waals surface area contributed by atoms with Gasteiger partial charge in [0.1, 0.15) is 5.75 Å². The smallest absolute Gasteiger partial charge is 0.262 e. The molecule has 2 aromatic carbocycles. The second kappa shape index (κ2) is 6.31. The van der Waals surface area contributed by atoms with Gasteiger partial charge in [0.2, 0.25) is 0 Å². The van der Waals surface area contributed by atoms with Crippen molar-refractivity contribution in [2.45, 2.75) is 20.8 Å². The van der Waals surface area contributed by atoms with Crippen LogP contribution in [0.5, 0.6) is 5.75 Å². The average Bonchev–Trinajstić information content (AvgIpc) is 2.42. The Balaban J connectivity index is 1.99. The predicted octanol–water partition coefficient (Wildman–Crippen LogP) is 3.21. The van der Waals surface area contributed by atoms with Crippen LogP contribution in [0.2, 0.25) is 0 Å². The van der Waals surface area contributed by atoms with Crippen molar-refractivity contribution in [3.05, 3.63) is 53.1 Å². The summed E-state index contributed by atoms with van der Waals surface area (Å²) in [6.45, 7) is 5.83. The Morgan fingerprint density at radius 2 is 1.90 bits per heavy atom. The van der Waals surface area contributed by atoms with E-state index in [9.17, 15) is 4.79 Å². The fraction of sp³-hybridized carbons (Fsp3) is 0.235. The topological polar surface area (TPSA) is 64.3 Å². The summed E-state index contributed by atoms with van der Waals surface area (Å²) < 4.78 is 5.55. The number of nitrogens with two attached hydrogens (primary N) is 1. The van der Waals surface area contributed by atoms with Crippen molar-refractivity contribution in [3.63, 3.8) is 0 Å². The summed E-state index contributed by atoms with van der Waals surface area (Å²) in [5.74, 6) is 0.490. The summed E-state index contributed by atoms with van der Waals surface area (Å²) in [5, 5.41) is 2.79. The summed E-state index contributed by atoms with van der Waals surface area (Å²) in [6.07, 6.45) is 0. The van der Waals surface area contributed by atoms with Crippen molar-refractivity contribution < 1.29 is 9.53 Å². The maximum Gasteiger partial charge on any atom is 0.262 e. The van der Waals surface area contributed by atoms with Crippen molar-refractivity contribution in [1.82, 2.24) is 0 Å². The first-order valence-electron chi connectivity index (χ1n) is 6.82. The molecule has 0 saturated heterocycles. The van der Waals surface area contributed by atoms with Crippen molar-refractivity contribution in [2.75, 3.05) is 17.7 Å². The molecule has 0 aliphatic carbocycles. The van der Waals surface area contributed by atoms with Gasteiger partial charge >= 0.3 is 0 Å². The number of amides is 1. The lowest BCUT2D eigenvalue weighted by Crippen LogP contribution is -2.21. The molecule has 4 nitrogen and oxygen atoms in total. The number of anilines is 2. The number of ether oxygens (including phenoxy) is 1. The molecular weight excluding hydrogens is 264 g/mol. The Hall–Kier alpha value is -2.49. The van der Waals surface area contributed by atoms with E-state index in [4.69, 9.17) is 10.5 Å². The van der Waals surface area contributed by atoms with Gasteiger partial charge in [0.25, 0.3) is 5.91 Å². The summed E-state index contributed by atoms with van der Waals surface area (Å²) in [5.41, 5.74) is 10.2. The molecule has 0 atom stereocenters. The largest absolute Gasteiger partial charge is 0.483 e. The third-order valence-corrected chi connectivity index (χ3v) is 3.26. The number of para-hydroxylation sites is 1. The minimum absolute atomic E-state index is 0.0440. The number of aryl methyl sites for hydroxylation is 3. The number of rotatable bonds is 4. The van der Waals surface area contributed by atoms with E-state index in [2.05, 4.69) is 5.32 Å². The summed E-state index contributed by atoms with van der Waals surface area (Å²) in [7, 11) is 0. The third kappa shape index (κ3) is 3.75. The standard InChI is InChI=1S/C17H20N2O2/c1-11-7-8-15(13(3)9-11)21-10-16(20)19-17-12(2)5-4-6-14(17)18/h4-9H,10,18H2,1-3H3,(H,19,20). The van der Waals surface area contributed by atoms with Crippen LogP contribution in [0.1, 0.15) is 16.7 Å². The zero-order valence-electron chi connectivity index (χ0n) is 12.6. The lowest BCUT2D eigenvalue weighted by molar-refractivity contribution is -0.118. The molecule has 2 aromatic rings. The zero-order valence-corrected chi connectivity index (χ0v) is 12.6. The quantitative estimate of drug-likeness (QED) is 0.847. The van der Waals surface area contributed by atoms with Crippen molar-refractivity contribution in [3.8, 4) is 5.75 Å². The first-order chi connectivity index (χ1) is 9.97. The Morgan fingerprint density at radius 3 is 2.57 bits per heavy atom. The van der Waals surface area contributed by atoms with Crippen molar-refractivity contribution >= 4 is 17.3 Å². The van der Waals surface area contributed by atoms with Gasteiger partial charge in [-0.2, -0.15) is 0 Å². The monoisotopic (exact) mass is 284 g/mol. The van der Waals surface area contributed by atoms with Gasteiger partial charge in [0.05, 0.1) is 11.4 Å². The lowest BCUT2D eigenvalue weighted by Gasteiger charge is -2.13. The number of nitrogen functional groups attached to an aromatic ring is 1. The van der Waals surface area contributed by atoms with Crippen LogP contribution in [0.3, 0.4) is 0 Å². The molecule has 0 aliphatic heterocycles. The molecule has 3 N–H and O–H groups in total. The zero-order chi connectivity index (χ0) is 15.4. The van der Waals surface area contributed by atoms with Gasteiger partial charge in [0.15, 0.2) is 6.61 Å². The van der Waals surface area contributed by atoms with Crippen molar-refractivity contribution in [2.24, 2.45) is 0 Å². The predicted molar refractivity (Wildman–Crippen MR) is 85.6 cm³/mol. The number of carbonyl (C=O) groups is 1. The van der Waals surface area contributed by atoms with E-state index >= 15 is 0 Å². The maximum atomic E-state index is 12.0. The first-order valence-corrected chi connectivity index (χ1v) is 6.82. The number of hydrogen-bond donors (Lipinski definition) is 2. The van der Waals surface area contributed by atoms with Gasteiger partial charge in [-0.15, -0.1) is 0 Å². The van der Waals surface area contributed by atoms with E-state index in [1.807, 2.05) is 51.1 Å². The molecule has 21 heavy (non-hydrogen) atoms. The minimum atomic E-state index is -0.226. The molecule has 0 bridgehead atoms. The molecule has 0 saturated carbocycles.